The number of esters is 1. The molecule has 1 amide bonds. The monoisotopic (exact) mass is 417 g/mol. The van der Waals surface area contributed by atoms with Crippen LogP contribution in [0.5, 0.6) is 5.75 Å². The summed E-state index contributed by atoms with van der Waals surface area (Å²) >= 11 is 3.42. The molecule has 0 spiro atoms. The number of para-hydroxylation sites is 1. The highest BCUT2D eigenvalue weighted by atomic mass is 79.9. The second-order valence-electron chi connectivity index (χ2n) is 6.25. The molecule has 0 aliphatic heterocycles. The first-order chi connectivity index (χ1) is 12.5. The van der Waals surface area contributed by atoms with Gasteiger partial charge in [0.05, 0.1) is 0 Å². The van der Waals surface area contributed by atoms with Gasteiger partial charge in [-0.1, -0.05) is 40.2 Å². The van der Waals surface area contributed by atoms with E-state index in [2.05, 4.69) is 21.2 Å². The first-order valence-electron chi connectivity index (χ1n) is 8.50. The zero-order valence-corrected chi connectivity index (χ0v) is 16.0. The van der Waals surface area contributed by atoms with Gasteiger partial charge in [0.25, 0.3) is 5.91 Å². The van der Waals surface area contributed by atoms with Gasteiger partial charge >= 0.3 is 5.97 Å². The first kappa shape index (κ1) is 18.5. The molecule has 2 aromatic rings. The van der Waals surface area contributed by atoms with E-state index in [-0.39, 0.29) is 11.9 Å². The molecule has 0 bridgehead atoms. The Morgan fingerprint density at radius 1 is 1.19 bits per heavy atom. The molecule has 26 heavy (non-hydrogen) atoms. The summed E-state index contributed by atoms with van der Waals surface area (Å²) in [6.45, 7) is 1.89. The van der Waals surface area contributed by atoms with Gasteiger partial charge in [-0.15, -0.1) is 0 Å². The summed E-state index contributed by atoms with van der Waals surface area (Å²) in [5, 5.41) is 2.83. The van der Waals surface area contributed by atoms with Crippen LogP contribution in [-0.4, -0.2) is 24.0 Å². The van der Waals surface area contributed by atoms with Crippen LogP contribution in [0, 0.1) is 0 Å². The SMILES string of the molecule is C[C@@H](OC(=O)c1ccccc1OCc1cccc(Br)c1)C(=O)NC1CC1. The van der Waals surface area contributed by atoms with Crippen LogP contribution in [0.1, 0.15) is 35.7 Å². The molecule has 1 aliphatic carbocycles. The van der Waals surface area contributed by atoms with Gasteiger partial charge in [0.1, 0.15) is 17.9 Å². The van der Waals surface area contributed by atoms with Crippen LogP contribution in [0.3, 0.4) is 0 Å². The molecule has 2 aromatic carbocycles. The topological polar surface area (TPSA) is 64.6 Å². The number of benzene rings is 2. The molecule has 1 saturated carbocycles. The van der Waals surface area contributed by atoms with Crippen LogP contribution >= 0.6 is 15.9 Å². The van der Waals surface area contributed by atoms with Crippen LogP contribution in [-0.2, 0) is 16.1 Å². The molecule has 1 N–H and O–H groups in total. The standard InChI is InChI=1S/C20H20BrNO4/c1-13(19(23)22-16-9-10-16)26-20(24)17-7-2-3-8-18(17)25-12-14-5-4-6-15(21)11-14/h2-8,11,13,16H,9-10,12H2,1H3,(H,22,23)/t13-/m1/s1. The number of ether oxygens (including phenoxy) is 2. The van der Waals surface area contributed by atoms with Gasteiger partial charge in [-0.2, -0.15) is 0 Å². The predicted octanol–water partition coefficient (Wildman–Crippen LogP) is 3.85. The van der Waals surface area contributed by atoms with Crippen LogP contribution in [0.25, 0.3) is 0 Å². The fourth-order valence-corrected chi connectivity index (χ4v) is 2.82. The molecule has 6 heteroatoms. The highest BCUT2D eigenvalue weighted by Gasteiger charge is 2.28. The Morgan fingerprint density at radius 3 is 2.69 bits per heavy atom. The van der Waals surface area contributed by atoms with Gasteiger partial charge in [0.15, 0.2) is 6.10 Å². The third-order valence-electron chi connectivity index (χ3n) is 3.97. The van der Waals surface area contributed by atoms with Crippen molar-refractivity contribution in [3.05, 3.63) is 64.1 Å². The number of hydrogen-bond acceptors (Lipinski definition) is 4. The average molecular weight is 418 g/mol. The van der Waals surface area contributed by atoms with E-state index >= 15 is 0 Å². The maximum atomic E-state index is 12.5. The zero-order valence-electron chi connectivity index (χ0n) is 14.4. The summed E-state index contributed by atoms with van der Waals surface area (Å²) in [5.74, 6) is -0.422. The molecule has 0 radical (unpaired) electrons. The van der Waals surface area contributed by atoms with Gasteiger partial charge in [-0.25, -0.2) is 4.79 Å². The average Bonchev–Trinajstić information content (AvgIpc) is 3.44. The number of hydrogen-bond donors (Lipinski definition) is 1. The highest BCUT2D eigenvalue weighted by molar-refractivity contribution is 9.10. The molecule has 1 atom stereocenters. The number of carbonyl (C=O) groups is 2. The van der Waals surface area contributed by atoms with E-state index in [0.29, 0.717) is 17.9 Å². The molecule has 0 heterocycles. The van der Waals surface area contributed by atoms with E-state index in [1.807, 2.05) is 24.3 Å². The van der Waals surface area contributed by atoms with E-state index < -0.39 is 12.1 Å². The Labute approximate surface area is 160 Å². The molecular formula is C20H20BrNO4. The van der Waals surface area contributed by atoms with E-state index in [9.17, 15) is 9.59 Å². The quantitative estimate of drug-likeness (QED) is 0.694. The van der Waals surface area contributed by atoms with E-state index in [1.165, 1.54) is 0 Å². The van der Waals surface area contributed by atoms with Crippen molar-refractivity contribution in [3.63, 3.8) is 0 Å². The molecule has 136 valence electrons. The van der Waals surface area contributed by atoms with Gasteiger partial charge in [-0.05, 0) is 49.6 Å². The largest absolute Gasteiger partial charge is 0.488 e. The van der Waals surface area contributed by atoms with E-state index in [1.54, 1.807) is 31.2 Å². The smallest absolute Gasteiger partial charge is 0.342 e. The maximum absolute atomic E-state index is 12.5. The molecule has 0 saturated heterocycles. The second-order valence-corrected chi connectivity index (χ2v) is 7.16. The van der Waals surface area contributed by atoms with Crippen LogP contribution in [0.4, 0.5) is 0 Å². The Kier molecular flexibility index (Phi) is 5.93. The third kappa shape index (κ3) is 5.08. The Bertz CT molecular complexity index is 804. The molecule has 0 aromatic heterocycles. The van der Waals surface area contributed by atoms with Gasteiger partial charge in [-0.3, -0.25) is 4.79 Å². The Morgan fingerprint density at radius 2 is 1.96 bits per heavy atom. The molecular weight excluding hydrogens is 398 g/mol. The minimum absolute atomic E-state index is 0.226. The van der Waals surface area contributed by atoms with E-state index in [0.717, 1.165) is 22.9 Å². The van der Waals surface area contributed by atoms with Crippen molar-refractivity contribution < 1.29 is 19.1 Å². The summed E-state index contributed by atoms with van der Waals surface area (Å²) in [5.41, 5.74) is 1.27. The summed E-state index contributed by atoms with van der Waals surface area (Å²) in [6.07, 6.45) is 1.12. The third-order valence-corrected chi connectivity index (χ3v) is 4.46. The van der Waals surface area contributed by atoms with Crippen molar-refractivity contribution in [1.82, 2.24) is 5.32 Å². The molecule has 1 fully saturated rings. The van der Waals surface area contributed by atoms with Gasteiger partial charge < -0.3 is 14.8 Å². The maximum Gasteiger partial charge on any atom is 0.342 e. The Balaban J connectivity index is 1.63. The minimum Gasteiger partial charge on any atom is -0.488 e. The lowest BCUT2D eigenvalue weighted by atomic mass is 10.2. The number of carbonyl (C=O) groups excluding carboxylic acids is 2. The van der Waals surface area contributed by atoms with Crippen molar-refractivity contribution in [3.8, 4) is 5.75 Å². The Hall–Kier alpha value is -2.34. The lowest BCUT2D eigenvalue weighted by molar-refractivity contribution is -0.129. The predicted molar refractivity (Wildman–Crippen MR) is 101 cm³/mol. The number of nitrogens with one attached hydrogen (secondary N) is 1. The highest BCUT2D eigenvalue weighted by Crippen LogP contribution is 2.22. The summed E-state index contributed by atoms with van der Waals surface area (Å²) < 4.78 is 12.1. The molecule has 5 nitrogen and oxygen atoms in total. The number of rotatable bonds is 7. The van der Waals surface area contributed by atoms with Crippen LogP contribution in [0.2, 0.25) is 0 Å². The fourth-order valence-electron chi connectivity index (χ4n) is 2.37. The number of halogens is 1. The lowest BCUT2D eigenvalue weighted by Gasteiger charge is -2.15. The van der Waals surface area contributed by atoms with Crippen molar-refractivity contribution in [2.24, 2.45) is 0 Å². The normalized spacial score (nSPS) is 14.4. The van der Waals surface area contributed by atoms with Crippen molar-refractivity contribution >= 4 is 27.8 Å². The molecule has 1 aliphatic rings. The van der Waals surface area contributed by atoms with Crippen LogP contribution < -0.4 is 10.1 Å². The van der Waals surface area contributed by atoms with E-state index in [4.69, 9.17) is 9.47 Å². The van der Waals surface area contributed by atoms with Crippen molar-refractivity contribution in [2.45, 2.75) is 38.5 Å². The summed E-state index contributed by atoms with van der Waals surface area (Å²) in [7, 11) is 0. The second kappa shape index (κ2) is 8.36. The number of amides is 1. The first-order valence-corrected chi connectivity index (χ1v) is 9.30. The van der Waals surface area contributed by atoms with Gasteiger partial charge in [0.2, 0.25) is 0 Å². The summed E-state index contributed by atoms with van der Waals surface area (Å²) in [4.78, 5) is 24.4. The fraction of sp³-hybridized carbons (Fsp3) is 0.300. The lowest BCUT2D eigenvalue weighted by Crippen LogP contribution is -2.37. The molecule has 3 rings (SSSR count). The minimum atomic E-state index is -0.846. The van der Waals surface area contributed by atoms with Crippen molar-refractivity contribution in [2.75, 3.05) is 0 Å². The van der Waals surface area contributed by atoms with Crippen LogP contribution in [0.15, 0.2) is 53.0 Å². The summed E-state index contributed by atoms with van der Waals surface area (Å²) in [6, 6.07) is 14.8. The van der Waals surface area contributed by atoms with Crippen molar-refractivity contribution in [1.29, 1.82) is 0 Å². The zero-order chi connectivity index (χ0) is 18.5. The van der Waals surface area contributed by atoms with Gasteiger partial charge in [0, 0.05) is 10.5 Å². The molecule has 0 unspecified atom stereocenters.